The van der Waals surface area contributed by atoms with E-state index in [9.17, 15) is 14.7 Å². The van der Waals surface area contributed by atoms with E-state index in [1.165, 1.54) is 6.07 Å². The minimum absolute atomic E-state index is 0.00253. The fraction of sp³-hybridized carbons (Fsp3) is 0.793. The molecule has 6 heteroatoms. The number of hydrogen-bond donors (Lipinski definition) is 3. The largest absolute Gasteiger partial charge is 0.431 e. The second-order valence-electron chi connectivity index (χ2n) is 13.0. The topological polar surface area (TPSA) is 91.6 Å². The number of fused-ring (bicyclic) bond motifs is 5. The first-order chi connectivity index (χ1) is 16.7. The van der Waals surface area contributed by atoms with E-state index in [1.807, 2.05) is 6.07 Å². The van der Waals surface area contributed by atoms with E-state index in [-0.39, 0.29) is 34.3 Å². The molecular weight excluding hydrogens is 440 g/mol. The summed E-state index contributed by atoms with van der Waals surface area (Å²) in [7, 11) is 0. The Kier molecular flexibility index (Phi) is 5.72. The van der Waals surface area contributed by atoms with Crippen molar-refractivity contribution in [2.45, 2.75) is 108 Å². The molecule has 6 nitrogen and oxygen atoms in total. The standard InChI is InChI=1S/C29H42N2O4/c1-27-12-9-20(31-26(33)24-4-3-15-30-24)16-19(27)6-7-23-22(27)10-13-28(2)21(11-14-29(23,28)34)18-5-8-25(32)35-17-18/h5,8,17,19-24,30,34H,3-4,6-7,9-16H2,1-2H3,(H,31,33)/t19-,20+,21-,22+,23-,24-,27+,28-,29+/m1/s1. The number of hydrogen-bond acceptors (Lipinski definition) is 5. The minimum Gasteiger partial charge on any atom is -0.431 e. The lowest BCUT2D eigenvalue weighted by Gasteiger charge is -2.63. The summed E-state index contributed by atoms with van der Waals surface area (Å²) in [6.07, 6.45) is 13.1. The molecule has 5 aliphatic rings. The Balaban J connectivity index is 1.19. The maximum Gasteiger partial charge on any atom is 0.335 e. The molecule has 35 heavy (non-hydrogen) atoms. The van der Waals surface area contributed by atoms with Crippen LogP contribution in [0.25, 0.3) is 0 Å². The summed E-state index contributed by atoms with van der Waals surface area (Å²) in [5.41, 5.74) is 0.147. The van der Waals surface area contributed by atoms with E-state index >= 15 is 0 Å². The van der Waals surface area contributed by atoms with Gasteiger partial charge in [-0.05, 0) is 118 Å². The monoisotopic (exact) mass is 482 g/mol. The Bertz CT molecular complexity index is 1010. The Labute approximate surface area is 208 Å². The lowest BCUT2D eigenvalue weighted by Crippen LogP contribution is -2.62. The normalized spacial score (nSPS) is 46.9. The number of rotatable bonds is 3. The highest BCUT2D eigenvalue weighted by molar-refractivity contribution is 5.82. The van der Waals surface area contributed by atoms with Gasteiger partial charge in [-0.3, -0.25) is 4.79 Å². The Morgan fingerprint density at radius 1 is 1.06 bits per heavy atom. The van der Waals surface area contributed by atoms with Gasteiger partial charge in [0.15, 0.2) is 0 Å². The maximum absolute atomic E-state index is 12.7. The van der Waals surface area contributed by atoms with Crippen molar-refractivity contribution in [1.29, 1.82) is 0 Å². The number of carbonyl (C=O) groups excluding carboxylic acids is 1. The predicted octanol–water partition coefficient (Wildman–Crippen LogP) is 4.12. The second-order valence-corrected chi connectivity index (χ2v) is 13.0. The van der Waals surface area contributed by atoms with Crippen LogP contribution in [-0.2, 0) is 4.79 Å². The third-order valence-corrected chi connectivity index (χ3v) is 11.7. The Morgan fingerprint density at radius 3 is 2.66 bits per heavy atom. The first-order valence-electron chi connectivity index (χ1n) is 14.1. The van der Waals surface area contributed by atoms with Crippen molar-refractivity contribution in [1.82, 2.24) is 10.6 Å². The van der Waals surface area contributed by atoms with E-state index in [4.69, 9.17) is 4.42 Å². The summed E-state index contributed by atoms with van der Waals surface area (Å²) in [5, 5.41) is 19.1. The zero-order valence-corrected chi connectivity index (χ0v) is 21.4. The highest BCUT2D eigenvalue weighted by Gasteiger charge is 2.67. The number of carbonyl (C=O) groups is 1. The molecule has 4 aliphatic carbocycles. The molecule has 3 N–H and O–H groups in total. The Morgan fingerprint density at radius 2 is 1.91 bits per heavy atom. The second kappa shape index (κ2) is 8.44. The summed E-state index contributed by atoms with van der Waals surface area (Å²) >= 11 is 0. The number of aliphatic hydroxyl groups is 1. The van der Waals surface area contributed by atoms with Gasteiger partial charge in [0.05, 0.1) is 17.9 Å². The minimum atomic E-state index is -0.663. The number of amides is 1. The fourth-order valence-corrected chi connectivity index (χ4v) is 9.67. The van der Waals surface area contributed by atoms with Crippen LogP contribution in [0.1, 0.15) is 96.0 Å². The smallest absolute Gasteiger partial charge is 0.335 e. The van der Waals surface area contributed by atoms with Gasteiger partial charge in [-0.15, -0.1) is 0 Å². The van der Waals surface area contributed by atoms with E-state index in [0.717, 1.165) is 82.7 Å². The van der Waals surface area contributed by atoms with Crippen LogP contribution < -0.4 is 16.3 Å². The van der Waals surface area contributed by atoms with E-state index in [0.29, 0.717) is 23.8 Å². The van der Waals surface area contributed by atoms with Crippen LogP contribution in [0, 0.1) is 28.6 Å². The van der Waals surface area contributed by atoms with Gasteiger partial charge in [0, 0.05) is 17.5 Å². The van der Waals surface area contributed by atoms with Crippen molar-refractivity contribution in [3.63, 3.8) is 0 Å². The first-order valence-corrected chi connectivity index (χ1v) is 14.1. The summed E-state index contributed by atoms with van der Waals surface area (Å²) in [6.45, 7) is 5.74. The summed E-state index contributed by atoms with van der Waals surface area (Å²) in [5.74, 6) is 1.92. The van der Waals surface area contributed by atoms with Crippen LogP contribution in [0.5, 0.6) is 0 Å². The van der Waals surface area contributed by atoms with Crippen molar-refractivity contribution >= 4 is 5.91 Å². The summed E-state index contributed by atoms with van der Waals surface area (Å²) in [6, 6.07) is 3.72. The predicted molar refractivity (Wildman–Crippen MR) is 134 cm³/mol. The molecule has 9 atom stereocenters. The van der Waals surface area contributed by atoms with Crippen LogP contribution in [0.4, 0.5) is 0 Å². The van der Waals surface area contributed by atoms with Gasteiger partial charge in [-0.25, -0.2) is 4.79 Å². The third-order valence-electron chi connectivity index (χ3n) is 11.7. The van der Waals surface area contributed by atoms with Gasteiger partial charge < -0.3 is 20.2 Å². The van der Waals surface area contributed by atoms with Crippen LogP contribution in [-0.4, -0.2) is 35.2 Å². The van der Waals surface area contributed by atoms with E-state index in [2.05, 4.69) is 24.5 Å². The molecule has 5 fully saturated rings. The van der Waals surface area contributed by atoms with Crippen molar-refractivity contribution in [2.75, 3.05) is 6.54 Å². The zero-order chi connectivity index (χ0) is 24.4. The van der Waals surface area contributed by atoms with Gasteiger partial charge >= 0.3 is 5.63 Å². The van der Waals surface area contributed by atoms with Crippen LogP contribution in [0.15, 0.2) is 27.6 Å². The summed E-state index contributed by atoms with van der Waals surface area (Å²) < 4.78 is 5.22. The molecule has 1 aromatic rings. The average Bonchev–Trinajstić information content (AvgIpc) is 3.47. The van der Waals surface area contributed by atoms with Crippen LogP contribution >= 0.6 is 0 Å². The van der Waals surface area contributed by atoms with Gasteiger partial charge in [0.2, 0.25) is 5.91 Å². The summed E-state index contributed by atoms with van der Waals surface area (Å²) in [4.78, 5) is 24.2. The molecule has 0 bridgehead atoms. The lowest BCUT2D eigenvalue weighted by molar-refractivity contribution is -0.202. The van der Waals surface area contributed by atoms with Crippen molar-refractivity contribution in [3.05, 3.63) is 34.4 Å². The Hall–Kier alpha value is -1.66. The molecule has 0 radical (unpaired) electrons. The van der Waals surface area contributed by atoms with Crippen LogP contribution in [0.3, 0.4) is 0 Å². The molecule has 1 aliphatic heterocycles. The van der Waals surface area contributed by atoms with Gasteiger partial charge in [0.25, 0.3) is 0 Å². The fourth-order valence-electron chi connectivity index (χ4n) is 9.67. The molecule has 0 unspecified atom stereocenters. The zero-order valence-electron chi connectivity index (χ0n) is 21.4. The first kappa shape index (κ1) is 23.7. The molecule has 1 aromatic heterocycles. The molecule has 1 amide bonds. The average molecular weight is 483 g/mol. The SMILES string of the molecule is C[C@]12CC[C@H](NC(=O)[C@H]3CCCN3)C[C@H]1CC[C@@H]1[C@@H]2CC[C@]2(C)[C@@H](c3ccc(=O)oc3)CC[C@]12O. The van der Waals surface area contributed by atoms with Crippen LogP contribution in [0.2, 0.25) is 0 Å². The molecule has 6 rings (SSSR count). The molecular formula is C29H42N2O4. The molecule has 2 heterocycles. The molecule has 192 valence electrons. The highest BCUT2D eigenvalue weighted by Crippen LogP contribution is 2.70. The van der Waals surface area contributed by atoms with Gasteiger partial charge in [-0.2, -0.15) is 0 Å². The highest BCUT2D eigenvalue weighted by atomic mass is 16.4. The van der Waals surface area contributed by atoms with Crippen molar-refractivity contribution < 1.29 is 14.3 Å². The third kappa shape index (κ3) is 3.57. The quantitative estimate of drug-likeness (QED) is 0.603. The molecule has 4 saturated carbocycles. The van der Waals surface area contributed by atoms with E-state index in [1.54, 1.807) is 6.26 Å². The molecule has 1 saturated heterocycles. The van der Waals surface area contributed by atoms with Gasteiger partial charge in [0.1, 0.15) is 0 Å². The van der Waals surface area contributed by atoms with Gasteiger partial charge in [-0.1, -0.05) is 13.8 Å². The molecule has 0 aromatic carbocycles. The van der Waals surface area contributed by atoms with Crippen molar-refractivity contribution in [2.24, 2.45) is 28.6 Å². The van der Waals surface area contributed by atoms with Crippen molar-refractivity contribution in [3.8, 4) is 0 Å². The lowest BCUT2D eigenvalue weighted by atomic mass is 9.43. The van der Waals surface area contributed by atoms with E-state index < -0.39 is 5.60 Å². The maximum atomic E-state index is 12.7. The molecule has 0 spiro atoms. The number of nitrogens with one attached hydrogen (secondary N) is 2.